The van der Waals surface area contributed by atoms with E-state index in [0.717, 1.165) is 25.7 Å². The van der Waals surface area contributed by atoms with Gasteiger partial charge in [0.05, 0.1) is 11.3 Å². The highest BCUT2D eigenvalue weighted by molar-refractivity contribution is 6.52. The first kappa shape index (κ1) is 15.6. The number of nitrogens with zero attached hydrogens (tertiary/aromatic N) is 1. The van der Waals surface area contributed by atoms with E-state index >= 15 is 0 Å². The average molecular weight is 316 g/mol. The van der Waals surface area contributed by atoms with Crippen molar-refractivity contribution in [3.63, 3.8) is 0 Å². The molecule has 0 spiro atoms. The number of pyridine rings is 1. The topological polar surface area (TPSA) is 114 Å². The van der Waals surface area contributed by atoms with Crippen LogP contribution in [-0.4, -0.2) is 28.6 Å². The Balaban J connectivity index is 1.70. The van der Waals surface area contributed by atoms with Crippen molar-refractivity contribution in [3.8, 4) is 0 Å². The number of nitrogens with one attached hydrogen (secondary N) is 2. The summed E-state index contributed by atoms with van der Waals surface area (Å²) >= 11 is 0. The van der Waals surface area contributed by atoms with Crippen LogP contribution in [0.25, 0.3) is 0 Å². The fraction of sp³-hybridized carbons (Fsp3) is 0.500. The number of anilines is 2. The third kappa shape index (κ3) is 2.96. The Morgan fingerprint density at radius 3 is 2.70 bits per heavy atom. The maximum atomic E-state index is 12.5. The van der Waals surface area contributed by atoms with Crippen molar-refractivity contribution in [1.82, 2.24) is 4.98 Å². The Morgan fingerprint density at radius 1 is 1.35 bits per heavy atom. The lowest BCUT2D eigenvalue weighted by Gasteiger charge is -2.30. The van der Waals surface area contributed by atoms with Gasteiger partial charge in [-0.2, -0.15) is 0 Å². The van der Waals surface area contributed by atoms with Crippen LogP contribution >= 0.6 is 0 Å². The Kier molecular flexibility index (Phi) is 4.12. The van der Waals surface area contributed by atoms with Crippen LogP contribution in [0.2, 0.25) is 0 Å². The summed E-state index contributed by atoms with van der Waals surface area (Å²) in [6.45, 7) is 2.00. The summed E-state index contributed by atoms with van der Waals surface area (Å²) in [5, 5.41) is 5.18. The van der Waals surface area contributed by atoms with E-state index in [1.54, 1.807) is 6.07 Å². The molecule has 0 saturated heterocycles. The minimum atomic E-state index is -0.716. The molecule has 122 valence electrons. The molecule has 2 aliphatic rings. The SMILES string of the molecule is CC(N)[C@H]1CC[C@H](C(=O)Nc2ccnc3c2C(=O)C(=O)N3)CC1. The molecule has 1 aromatic heterocycles. The van der Waals surface area contributed by atoms with Gasteiger partial charge in [-0.3, -0.25) is 14.4 Å². The van der Waals surface area contributed by atoms with Crippen molar-refractivity contribution in [2.75, 3.05) is 10.6 Å². The Morgan fingerprint density at radius 2 is 2.04 bits per heavy atom. The summed E-state index contributed by atoms with van der Waals surface area (Å²) in [5.74, 6) is -0.913. The molecule has 3 rings (SSSR count). The molecule has 23 heavy (non-hydrogen) atoms. The lowest BCUT2D eigenvalue weighted by Crippen LogP contribution is -2.34. The predicted molar refractivity (Wildman–Crippen MR) is 84.9 cm³/mol. The molecule has 2 heterocycles. The zero-order chi connectivity index (χ0) is 16.6. The fourth-order valence-corrected chi connectivity index (χ4v) is 3.31. The van der Waals surface area contributed by atoms with Crippen molar-refractivity contribution in [1.29, 1.82) is 0 Å². The van der Waals surface area contributed by atoms with E-state index < -0.39 is 11.7 Å². The molecule has 1 aliphatic heterocycles. The van der Waals surface area contributed by atoms with Gasteiger partial charge in [0.25, 0.3) is 11.7 Å². The second-order valence-corrected chi connectivity index (χ2v) is 6.33. The smallest absolute Gasteiger partial charge is 0.298 e. The lowest BCUT2D eigenvalue weighted by atomic mass is 9.79. The normalized spacial score (nSPS) is 24.8. The van der Waals surface area contributed by atoms with Crippen molar-refractivity contribution in [2.45, 2.75) is 38.6 Å². The second-order valence-electron chi connectivity index (χ2n) is 6.33. The summed E-state index contributed by atoms with van der Waals surface area (Å²) in [6, 6.07) is 1.69. The standard InChI is InChI=1S/C16H20N4O3/c1-8(17)9-2-4-10(5-3-9)15(22)19-11-6-7-18-14-12(11)13(21)16(23)20-14/h6-10H,2-5,17H2,1H3,(H2,18,19,20,21,22,23)/t8?,9-,10-. The van der Waals surface area contributed by atoms with Crippen molar-refractivity contribution >= 4 is 29.1 Å². The number of ketones is 1. The van der Waals surface area contributed by atoms with E-state index in [1.165, 1.54) is 6.20 Å². The number of rotatable bonds is 3. The summed E-state index contributed by atoms with van der Waals surface area (Å²) in [6.07, 6.45) is 4.90. The van der Waals surface area contributed by atoms with Gasteiger partial charge < -0.3 is 16.4 Å². The largest absolute Gasteiger partial charge is 0.328 e. The Bertz CT molecular complexity index is 663. The number of carbonyl (C=O) groups excluding carboxylic acids is 3. The van der Waals surface area contributed by atoms with E-state index in [-0.39, 0.29) is 29.2 Å². The number of hydrogen-bond acceptors (Lipinski definition) is 5. The first-order valence-corrected chi connectivity index (χ1v) is 7.88. The molecule has 7 nitrogen and oxygen atoms in total. The summed E-state index contributed by atoms with van der Waals surface area (Å²) < 4.78 is 0. The van der Waals surface area contributed by atoms with Crippen LogP contribution in [0.3, 0.4) is 0 Å². The zero-order valence-electron chi connectivity index (χ0n) is 13.0. The van der Waals surface area contributed by atoms with Crippen LogP contribution in [0.4, 0.5) is 11.5 Å². The number of nitrogens with two attached hydrogens (primary N) is 1. The fourth-order valence-electron chi connectivity index (χ4n) is 3.31. The monoisotopic (exact) mass is 316 g/mol. The number of carbonyl (C=O) groups is 3. The second kappa shape index (κ2) is 6.08. The van der Waals surface area contributed by atoms with Gasteiger partial charge >= 0.3 is 0 Å². The third-order valence-electron chi connectivity index (χ3n) is 4.76. The van der Waals surface area contributed by atoms with Crippen LogP contribution in [0.15, 0.2) is 12.3 Å². The molecule has 1 fully saturated rings. The number of Topliss-reactive ketones (excluding diaryl/α,β-unsaturated/α-hetero) is 1. The van der Waals surface area contributed by atoms with Crippen molar-refractivity contribution in [3.05, 3.63) is 17.8 Å². The highest BCUT2D eigenvalue weighted by atomic mass is 16.2. The summed E-state index contributed by atoms with van der Waals surface area (Å²) in [5.41, 5.74) is 6.41. The molecule has 1 aromatic rings. The van der Waals surface area contributed by atoms with Gasteiger partial charge in [0, 0.05) is 18.2 Å². The molecule has 0 radical (unpaired) electrons. The van der Waals surface area contributed by atoms with Crippen LogP contribution in [0, 0.1) is 11.8 Å². The molecule has 1 saturated carbocycles. The van der Waals surface area contributed by atoms with E-state index in [1.807, 2.05) is 6.92 Å². The average Bonchev–Trinajstić information content (AvgIpc) is 2.83. The number of aromatic nitrogens is 1. The maximum absolute atomic E-state index is 12.5. The molecule has 1 unspecified atom stereocenters. The Labute approximate surface area is 134 Å². The molecule has 2 amide bonds. The summed E-state index contributed by atoms with van der Waals surface area (Å²) in [7, 11) is 0. The molecule has 7 heteroatoms. The van der Waals surface area contributed by atoms with Gasteiger partial charge in [-0.05, 0) is 44.6 Å². The molecule has 1 atom stereocenters. The minimum absolute atomic E-state index is 0.0889. The van der Waals surface area contributed by atoms with Gasteiger partial charge in [-0.25, -0.2) is 4.98 Å². The highest BCUT2D eigenvalue weighted by Gasteiger charge is 2.33. The third-order valence-corrected chi connectivity index (χ3v) is 4.76. The minimum Gasteiger partial charge on any atom is -0.328 e. The quantitative estimate of drug-likeness (QED) is 0.727. The first-order valence-electron chi connectivity index (χ1n) is 7.88. The zero-order valence-corrected chi connectivity index (χ0v) is 13.0. The number of hydrogen-bond donors (Lipinski definition) is 3. The van der Waals surface area contributed by atoms with E-state index in [9.17, 15) is 14.4 Å². The molecule has 0 aromatic carbocycles. The van der Waals surface area contributed by atoms with Gasteiger partial charge in [0.1, 0.15) is 5.82 Å². The molecule has 0 bridgehead atoms. The Hall–Kier alpha value is -2.28. The first-order chi connectivity index (χ1) is 11.0. The summed E-state index contributed by atoms with van der Waals surface area (Å²) in [4.78, 5) is 39.7. The molecule has 1 aliphatic carbocycles. The molecule has 4 N–H and O–H groups in total. The van der Waals surface area contributed by atoms with Crippen LogP contribution < -0.4 is 16.4 Å². The molecular formula is C16H20N4O3. The number of fused-ring (bicyclic) bond motifs is 1. The van der Waals surface area contributed by atoms with E-state index in [2.05, 4.69) is 15.6 Å². The van der Waals surface area contributed by atoms with Crippen LogP contribution in [0.5, 0.6) is 0 Å². The van der Waals surface area contributed by atoms with Crippen molar-refractivity contribution in [2.24, 2.45) is 17.6 Å². The predicted octanol–water partition coefficient (Wildman–Crippen LogP) is 1.31. The van der Waals surface area contributed by atoms with E-state index in [4.69, 9.17) is 5.73 Å². The van der Waals surface area contributed by atoms with Gasteiger partial charge in [0.2, 0.25) is 5.91 Å². The highest BCUT2D eigenvalue weighted by Crippen LogP contribution is 2.32. The van der Waals surface area contributed by atoms with Crippen LogP contribution in [0.1, 0.15) is 43.0 Å². The van der Waals surface area contributed by atoms with E-state index in [0.29, 0.717) is 11.6 Å². The number of amides is 2. The van der Waals surface area contributed by atoms with Crippen molar-refractivity contribution < 1.29 is 14.4 Å². The van der Waals surface area contributed by atoms with Gasteiger partial charge in [0.15, 0.2) is 0 Å². The lowest BCUT2D eigenvalue weighted by molar-refractivity contribution is -0.121. The van der Waals surface area contributed by atoms with Gasteiger partial charge in [-0.15, -0.1) is 0 Å². The molecular weight excluding hydrogens is 296 g/mol. The van der Waals surface area contributed by atoms with Crippen LogP contribution in [-0.2, 0) is 9.59 Å². The maximum Gasteiger partial charge on any atom is 0.298 e. The van der Waals surface area contributed by atoms with Gasteiger partial charge in [-0.1, -0.05) is 0 Å².